The van der Waals surface area contributed by atoms with Crippen molar-refractivity contribution < 1.29 is 13.2 Å². The first-order valence-corrected chi connectivity index (χ1v) is 10.9. The Morgan fingerprint density at radius 3 is 1.85 bits per heavy atom. The van der Waals surface area contributed by atoms with E-state index in [-0.39, 0.29) is 5.92 Å². The smallest absolute Gasteiger partial charge is 0.194 e. The van der Waals surface area contributed by atoms with Crippen molar-refractivity contribution in [2.75, 3.05) is 0 Å². The van der Waals surface area contributed by atoms with Crippen molar-refractivity contribution in [2.24, 2.45) is 17.8 Å². The Labute approximate surface area is 162 Å². The van der Waals surface area contributed by atoms with Crippen molar-refractivity contribution >= 4 is 0 Å². The topological polar surface area (TPSA) is 0 Å². The summed E-state index contributed by atoms with van der Waals surface area (Å²) < 4.78 is 40.1. The maximum absolute atomic E-state index is 13.5. The summed E-state index contributed by atoms with van der Waals surface area (Å²) >= 11 is 0. The molecular weight excluding hydrogens is 345 g/mol. The van der Waals surface area contributed by atoms with Gasteiger partial charge in [0.1, 0.15) is 0 Å². The van der Waals surface area contributed by atoms with Gasteiger partial charge in [-0.3, -0.25) is 0 Å². The van der Waals surface area contributed by atoms with Gasteiger partial charge in [-0.1, -0.05) is 31.9 Å². The summed E-state index contributed by atoms with van der Waals surface area (Å²) in [7, 11) is 0. The average Bonchev–Trinajstić information content (AvgIpc) is 2.69. The van der Waals surface area contributed by atoms with Gasteiger partial charge in [0.15, 0.2) is 17.5 Å². The van der Waals surface area contributed by atoms with E-state index < -0.39 is 17.5 Å². The molecule has 0 nitrogen and oxygen atoms in total. The second-order valence-corrected chi connectivity index (χ2v) is 8.71. The van der Waals surface area contributed by atoms with E-state index in [2.05, 4.69) is 19.1 Å². The van der Waals surface area contributed by atoms with Gasteiger partial charge in [0.2, 0.25) is 0 Å². The van der Waals surface area contributed by atoms with E-state index in [0.29, 0.717) is 5.56 Å². The van der Waals surface area contributed by atoms with Crippen LogP contribution in [-0.4, -0.2) is 0 Å². The molecule has 2 aliphatic rings. The summed E-state index contributed by atoms with van der Waals surface area (Å²) in [5.41, 5.74) is 0.628. The Morgan fingerprint density at radius 1 is 0.815 bits per heavy atom. The van der Waals surface area contributed by atoms with Gasteiger partial charge in [-0.15, -0.1) is 0 Å². The minimum Gasteiger partial charge on any atom is -0.204 e. The van der Waals surface area contributed by atoms with Crippen molar-refractivity contribution in [3.8, 4) is 0 Å². The summed E-state index contributed by atoms with van der Waals surface area (Å²) in [5.74, 6) is -0.872. The third-order valence-electron chi connectivity index (χ3n) is 6.84. The molecule has 2 fully saturated rings. The van der Waals surface area contributed by atoms with Gasteiger partial charge in [-0.05, 0) is 99.2 Å². The third-order valence-corrected chi connectivity index (χ3v) is 6.84. The highest BCUT2D eigenvalue weighted by molar-refractivity contribution is 5.23. The molecule has 0 aliphatic heterocycles. The van der Waals surface area contributed by atoms with E-state index in [1.54, 1.807) is 0 Å². The Morgan fingerprint density at radius 2 is 1.33 bits per heavy atom. The molecule has 0 radical (unpaired) electrons. The molecule has 150 valence electrons. The molecule has 2 saturated carbocycles. The summed E-state index contributed by atoms with van der Waals surface area (Å²) in [4.78, 5) is 0. The predicted octanol–water partition coefficient (Wildman–Crippen LogP) is 7.93. The molecule has 3 rings (SSSR count). The van der Waals surface area contributed by atoms with Crippen LogP contribution in [0.5, 0.6) is 0 Å². The molecule has 1 aromatic rings. The van der Waals surface area contributed by atoms with Gasteiger partial charge in [-0.25, -0.2) is 13.2 Å². The van der Waals surface area contributed by atoms with Gasteiger partial charge in [0.05, 0.1) is 0 Å². The summed E-state index contributed by atoms with van der Waals surface area (Å²) in [6.45, 7) is 2.19. The number of hydrogen-bond acceptors (Lipinski definition) is 0. The standard InChI is InChI=1S/C24H33F3/c1-2-3-4-17-5-7-18(8-6-17)9-10-19-11-13-20(14-12-19)21-15-22(25)24(27)23(26)16-21/h3-4,15-20H,2,5-14H2,1H3. The van der Waals surface area contributed by atoms with Crippen LogP contribution in [0.1, 0.15) is 89.0 Å². The second kappa shape index (κ2) is 9.80. The highest BCUT2D eigenvalue weighted by Crippen LogP contribution is 2.40. The van der Waals surface area contributed by atoms with Crippen LogP contribution in [0.15, 0.2) is 24.3 Å². The van der Waals surface area contributed by atoms with Crippen LogP contribution >= 0.6 is 0 Å². The molecule has 0 unspecified atom stereocenters. The van der Waals surface area contributed by atoms with Crippen LogP contribution < -0.4 is 0 Å². The van der Waals surface area contributed by atoms with Gasteiger partial charge in [-0.2, -0.15) is 0 Å². The van der Waals surface area contributed by atoms with Crippen LogP contribution in [0.2, 0.25) is 0 Å². The minimum absolute atomic E-state index is 0.173. The van der Waals surface area contributed by atoms with Crippen molar-refractivity contribution in [3.63, 3.8) is 0 Å². The molecule has 2 aliphatic carbocycles. The van der Waals surface area contributed by atoms with E-state index in [4.69, 9.17) is 0 Å². The average molecular weight is 379 g/mol. The lowest BCUT2D eigenvalue weighted by molar-refractivity contribution is 0.246. The second-order valence-electron chi connectivity index (χ2n) is 8.71. The Hall–Kier alpha value is -1.25. The van der Waals surface area contributed by atoms with Crippen LogP contribution in [0.25, 0.3) is 0 Å². The molecular formula is C24H33F3. The van der Waals surface area contributed by atoms with E-state index in [1.807, 2.05) is 0 Å². The molecule has 0 saturated heterocycles. The largest absolute Gasteiger partial charge is 0.204 e. The van der Waals surface area contributed by atoms with Crippen molar-refractivity contribution in [2.45, 2.75) is 83.5 Å². The summed E-state index contributed by atoms with van der Waals surface area (Å²) in [5, 5.41) is 0. The molecule has 3 heteroatoms. The molecule has 0 bridgehead atoms. The monoisotopic (exact) mass is 378 g/mol. The molecule has 27 heavy (non-hydrogen) atoms. The van der Waals surface area contributed by atoms with E-state index in [9.17, 15) is 13.2 Å². The van der Waals surface area contributed by atoms with E-state index >= 15 is 0 Å². The number of allylic oxidation sites excluding steroid dienone is 2. The predicted molar refractivity (Wildman–Crippen MR) is 105 cm³/mol. The zero-order chi connectivity index (χ0) is 19.2. The quantitative estimate of drug-likeness (QED) is 0.348. The maximum Gasteiger partial charge on any atom is 0.194 e. The Bertz CT molecular complexity index is 598. The fourth-order valence-corrected chi connectivity index (χ4v) is 5.06. The van der Waals surface area contributed by atoms with Crippen molar-refractivity contribution in [1.82, 2.24) is 0 Å². The highest BCUT2D eigenvalue weighted by Gasteiger charge is 2.26. The zero-order valence-electron chi connectivity index (χ0n) is 16.5. The lowest BCUT2D eigenvalue weighted by Crippen LogP contribution is -2.17. The minimum atomic E-state index is -1.35. The first-order valence-electron chi connectivity index (χ1n) is 10.9. The Balaban J connectivity index is 1.40. The van der Waals surface area contributed by atoms with Crippen LogP contribution in [0.4, 0.5) is 13.2 Å². The molecule has 0 N–H and O–H groups in total. The fourth-order valence-electron chi connectivity index (χ4n) is 5.06. The fraction of sp³-hybridized carbons (Fsp3) is 0.667. The molecule has 0 amide bonds. The number of rotatable bonds is 6. The van der Waals surface area contributed by atoms with Gasteiger partial charge >= 0.3 is 0 Å². The molecule has 0 atom stereocenters. The van der Waals surface area contributed by atoms with Gasteiger partial charge in [0, 0.05) is 0 Å². The van der Waals surface area contributed by atoms with E-state index in [1.165, 1.54) is 50.7 Å². The number of hydrogen-bond donors (Lipinski definition) is 0. The Kier molecular flexibility index (Phi) is 7.43. The van der Waals surface area contributed by atoms with Crippen LogP contribution in [0, 0.1) is 35.2 Å². The molecule has 0 aromatic heterocycles. The van der Waals surface area contributed by atoms with E-state index in [0.717, 1.165) is 49.9 Å². The zero-order valence-corrected chi connectivity index (χ0v) is 16.5. The summed E-state index contributed by atoms with van der Waals surface area (Å²) in [6, 6.07) is 2.38. The number of benzene rings is 1. The first-order chi connectivity index (χ1) is 13.1. The lowest BCUT2D eigenvalue weighted by Gasteiger charge is -2.31. The molecule has 0 spiro atoms. The maximum atomic E-state index is 13.5. The lowest BCUT2D eigenvalue weighted by atomic mass is 9.74. The van der Waals surface area contributed by atoms with Crippen LogP contribution in [0.3, 0.4) is 0 Å². The van der Waals surface area contributed by atoms with Gasteiger partial charge in [0.25, 0.3) is 0 Å². The molecule has 1 aromatic carbocycles. The SMILES string of the molecule is CCC=CC1CCC(CCC2CCC(c3cc(F)c(F)c(F)c3)CC2)CC1. The number of halogens is 3. The molecule has 0 heterocycles. The highest BCUT2D eigenvalue weighted by atomic mass is 19.2. The van der Waals surface area contributed by atoms with Crippen molar-refractivity contribution in [3.05, 3.63) is 47.3 Å². The first kappa shape index (κ1) is 20.5. The van der Waals surface area contributed by atoms with Gasteiger partial charge < -0.3 is 0 Å². The van der Waals surface area contributed by atoms with Crippen molar-refractivity contribution in [1.29, 1.82) is 0 Å². The normalized spacial score (nSPS) is 29.3. The van der Waals surface area contributed by atoms with Crippen LogP contribution in [-0.2, 0) is 0 Å². The third kappa shape index (κ3) is 5.62. The summed E-state index contributed by atoms with van der Waals surface area (Å²) in [6.07, 6.45) is 18.1.